The number of likely N-dealkylation sites (N-methyl/N-ethyl adjacent to an activating group) is 1. The zero-order chi connectivity index (χ0) is 17.3. The van der Waals surface area contributed by atoms with E-state index < -0.39 is 0 Å². The average molecular weight is 342 g/mol. The Morgan fingerprint density at radius 2 is 1.17 bits per heavy atom. The van der Waals surface area contributed by atoms with Crippen LogP contribution in [0.25, 0.3) is 0 Å². The Kier molecular flexibility index (Phi) is 13.1. The molecule has 1 aromatic carbocycles. The molecule has 0 unspecified atom stereocenters. The first-order valence-electron chi connectivity index (χ1n) is 8.27. The summed E-state index contributed by atoms with van der Waals surface area (Å²) in [6, 6.07) is 7.29. The van der Waals surface area contributed by atoms with E-state index in [0.29, 0.717) is 59.5 Å². The Labute approximate surface area is 144 Å². The molecule has 138 valence electrons. The molecule has 0 spiro atoms. The number of benzene rings is 1. The molecule has 1 rings (SSSR count). The van der Waals surface area contributed by atoms with Crippen LogP contribution in [-0.4, -0.2) is 73.1 Å². The maximum absolute atomic E-state index is 5.60. The highest BCUT2D eigenvalue weighted by Gasteiger charge is 1.95. The molecule has 0 aliphatic carbocycles. The predicted molar refractivity (Wildman–Crippen MR) is 93.6 cm³/mol. The third-order valence-corrected chi connectivity index (χ3v) is 2.99. The zero-order valence-electron chi connectivity index (χ0n) is 14.5. The number of nitrogen functional groups attached to an aromatic ring is 1. The molecule has 24 heavy (non-hydrogen) atoms. The fourth-order valence-corrected chi connectivity index (χ4v) is 1.72. The Morgan fingerprint density at radius 3 is 1.67 bits per heavy atom. The topological polar surface area (TPSA) is 84.2 Å². The normalized spacial score (nSPS) is 10.9. The van der Waals surface area contributed by atoms with Gasteiger partial charge in [0.2, 0.25) is 0 Å². The molecule has 0 aromatic heterocycles. The van der Waals surface area contributed by atoms with Gasteiger partial charge in [-0.3, -0.25) is 0 Å². The van der Waals surface area contributed by atoms with Gasteiger partial charge >= 0.3 is 0 Å². The van der Waals surface area contributed by atoms with Crippen LogP contribution in [0.1, 0.15) is 0 Å². The number of rotatable bonds is 16. The summed E-state index contributed by atoms with van der Waals surface area (Å²) in [5, 5.41) is 3.01. The van der Waals surface area contributed by atoms with Crippen molar-refractivity contribution in [1.29, 1.82) is 0 Å². The van der Waals surface area contributed by atoms with Gasteiger partial charge in [-0.2, -0.15) is 0 Å². The molecular formula is C17H30N2O5. The van der Waals surface area contributed by atoms with Crippen molar-refractivity contribution in [3.8, 4) is 5.75 Å². The molecule has 0 fully saturated rings. The summed E-state index contributed by atoms with van der Waals surface area (Å²) in [5.41, 5.74) is 6.32. The second-order valence-electron chi connectivity index (χ2n) is 4.97. The lowest BCUT2D eigenvalue weighted by Crippen LogP contribution is -2.17. The van der Waals surface area contributed by atoms with E-state index in [1.54, 1.807) is 12.1 Å². The van der Waals surface area contributed by atoms with Crippen LogP contribution < -0.4 is 15.8 Å². The van der Waals surface area contributed by atoms with E-state index in [0.717, 1.165) is 18.0 Å². The van der Waals surface area contributed by atoms with Crippen LogP contribution in [0.3, 0.4) is 0 Å². The van der Waals surface area contributed by atoms with Gasteiger partial charge in [-0.05, 0) is 31.3 Å². The van der Waals surface area contributed by atoms with Crippen molar-refractivity contribution in [3.63, 3.8) is 0 Å². The first kappa shape index (κ1) is 20.7. The van der Waals surface area contributed by atoms with Crippen LogP contribution >= 0.6 is 0 Å². The van der Waals surface area contributed by atoms with E-state index in [4.69, 9.17) is 29.4 Å². The molecule has 0 amide bonds. The zero-order valence-corrected chi connectivity index (χ0v) is 14.5. The van der Waals surface area contributed by atoms with Gasteiger partial charge < -0.3 is 34.7 Å². The molecule has 7 nitrogen and oxygen atoms in total. The molecule has 0 saturated heterocycles. The number of nitrogens with one attached hydrogen (secondary N) is 1. The maximum Gasteiger partial charge on any atom is 0.119 e. The highest BCUT2D eigenvalue weighted by Crippen LogP contribution is 2.12. The number of hydrogen-bond acceptors (Lipinski definition) is 7. The third-order valence-electron chi connectivity index (χ3n) is 2.99. The molecule has 0 heterocycles. The smallest absolute Gasteiger partial charge is 0.119 e. The monoisotopic (exact) mass is 342 g/mol. The van der Waals surface area contributed by atoms with Gasteiger partial charge in [0.05, 0.1) is 52.9 Å². The average Bonchev–Trinajstić information content (AvgIpc) is 2.60. The van der Waals surface area contributed by atoms with Crippen molar-refractivity contribution in [2.24, 2.45) is 0 Å². The largest absolute Gasteiger partial charge is 0.491 e. The summed E-state index contributed by atoms with van der Waals surface area (Å²) in [6.45, 7) is 5.99. The van der Waals surface area contributed by atoms with Gasteiger partial charge in [-0.15, -0.1) is 0 Å². The van der Waals surface area contributed by atoms with Crippen molar-refractivity contribution < 1.29 is 23.7 Å². The van der Waals surface area contributed by atoms with Crippen molar-refractivity contribution in [2.45, 2.75) is 0 Å². The Balaban J connectivity index is 1.75. The molecule has 0 radical (unpaired) electrons. The molecule has 0 atom stereocenters. The van der Waals surface area contributed by atoms with E-state index in [2.05, 4.69) is 5.32 Å². The molecule has 3 N–H and O–H groups in total. The van der Waals surface area contributed by atoms with Crippen LogP contribution in [0.5, 0.6) is 5.75 Å². The van der Waals surface area contributed by atoms with Crippen LogP contribution in [0, 0.1) is 0 Å². The molecular weight excluding hydrogens is 312 g/mol. The summed E-state index contributed by atoms with van der Waals surface area (Å²) < 4.78 is 27.0. The fourth-order valence-electron chi connectivity index (χ4n) is 1.72. The second kappa shape index (κ2) is 15.2. The lowest BCUT2D eigenvalue weighted by atomic mass is 10.3. The van der Waals surface area contributed by atoms with Gasteiger partial charge in [0.25, 0.3) is 0 Å². The number of nitrogens with two attached hydrogens (primary N) is 1. The molecule has 0 aliphatic heterocycles. The molecule has 0 bridgehead atoms. The number of ether oxygens (including phenoxy) is 5. The molecule has 0 aliphatic rings. The number of hydrogen-bond donors (Lipinski definition) is 2. The fraction of sp³-hybridized carbons (Fsp3) is 0.647. The van der Waals surface area contributed by atoms with Crippen LogP contribution in [0.2, 0.25) is 0 Å². The lowest BCUT2D eigenvalue weighted by Gasteiger charge is -2.08. The summed E-state index contributed by atoms with van der Waals surface area (Å²) in [6.07, 6.45) is 0. The SMILES string of the molecule is CNCCOCCOCCOCCOCCOc1ccc(N)cc1. The summed E-state index contributed by atoms with van der Waals surface area (Å²) >= 11 is 0. The molecule has 7 heteroatoms. The lowest BCUT2D eigenvalue weighted by molar-refractivity contribution is -0.00417. The summed E-state index contributed by atoms with van der Waals surface area (Å²) in [7, 11) is 1.90. The summed E-state index contributed by atoms with van der Waals surface area (Å²) in [4.78, 5) is 0. The van der Waals surface area contributed by atoms with Gasteiger partial charge in [-0.25, -0.2) is 0 Å². The molecule has 1 aromatic rings. The Hall–Kier alpha value is -1.38. The molecule has 0 saturated carbocycles. The van der Waals surface area contributed by atoms with Crippen LogP contribution in [0.15, 0.2) is 24.3 Å². The van der Waals surface area contributed by atoms with Crippen molar-refractivity contribution in [2.75, 3.05) is 78.8 Å². The van der Waals surface area contributed by atoms with E-state index in [1.807, 2.05) is 19.2 Å². The van der Waals surface area contributed by atoms with Crippen molar-refractivity contribution >= 4 is 5.69 Å². The Bertz CT molecular complexity index is 389. The highest BCUT2D eigenvalue weighted by atomic mass is 16.6. The van der Waals surface area contributed by atoms with Crippen LogP contribution in [-0.2, 0) is 18.9 Å². The van der Waals surface area contributed by atoms with Crippen molar-refractivity contribution in [3.05, 3.63) is 24.3 Å². The van der Waals surface area contributed by atoms with E-state index in [-0.39, 0.29) is 0 Å². The predicted octanol–water partition coefficient (Wildman–Crippen LogP) is 0.933. The highest BCUT2D eigenvalue weighted by molar-refractivity contribution is 5.41. The Morgan fingerprint density at radius 1 is 0.708 bits per heavy atom. The van der Waals surface area contributed by atoms with Gasteiger partial charge in [0, 0.05) is 12.2 Å². The van der Waals surface area contributed by atoms with Gasteiger partial charge in [0.15, 0.2) is 0 Å². The standard InChI is InChI=1S/C17H30N2O5/c1-19-6-7-20-8-9-21-10-11-22-12-13-23-14-15-24-17-4-2-16(18)3-5-17/h2-5,19H,6-15,18H2,1H3. The number of anilines is 1. The summed E-state index contributed by atoms with van der Waals surface area (Å²) in [5.74, 6) is 0.788. The second-order valence-corrected chi connectivity index (χ2v) is 4.97. The van der Waals surface area contributed by atoms with E-state index in [9.17, 15) is 0 Å². The van der Waals surface area contributed by atoms with E-state index in [1.165, 1.54) is 0 Å². The van der Waals surface area contributed by atoms with Crippen molar-refractivity contribution in [1.82, 2.24) is 5.32 Å². The third kappa shape index (κ3) is 12.1. The quantitative estimate of drug-likeness (QED) is 0.341. The van der Waals surface area contributed by atoms with Gasteiger partial charge in [0.1, 0.15) is 12.4 Å². The first-order valence-corrected chi connectivity index (χ1v) is 8.27. The van der Waals surface area contributed by atoms with Gasteiger partial charge in [-0.1, -0.05) is 0 Å². The van der Waals surface area contributed by atoms with E-state index >= 15 is 0 Å². The minimum absolute atomic E-state index is 0.501. The maximum atomic E-state index is 5.60. The van der Waals surface area contributed by atoms with Crippen LogP contribution in [0.4, 0.5) is 5.69 Å². The minimum Gasteiger partial charge on any atom is -0.491 e. The first-order chi connectivity index (χ1) is 11.8. The minimum atomic E-state index is 0.501.